The number of carbonyl (C=O) groups excluding carboxylic acids is 1. The molecular weight excluding hydrogens is 274 g/mol. The zero-order valence-electron chi connectivity index (χ0n) is 12.3. The number of aliphatic carboxylic acids is 1. The number of nitrogens with zero attached hydrogens (tertiary/aromatic N) is 1. The van der Waals surface area contributed by atoms with Crippen molar-refractivity contribution in [3.63, 3.8) is 0 Å². The van der Waals surface area contributed by atoms with Gasteiger partial charge in [-0.2, -0.15) is 0 Å². The van der Waals surface area contributed by atoms with Gasteiger partial charge >= 0.3 is 12.0 Å². The number of aromatic nitrogens is 1. The molecule has 0 radical (unpaired) electrons. The average Bonchev–Trinajstić information content (AvgIpc) is 2.79. The maximum absolute atomic E-state index is 11.9. The third-order valence-electron chi connectivity index (χ3n) is 3.92. The lowest BCUT2D eigenvalue weighted by molar-refractivity contribution is -0.141. The lowest BCUT2D eigenvalue weighted by atomic mass is 9.66. The van der Waals surface area contributed by atoms with E-state index >= 15 is 0 Å². The molecule has 7 heteroatoms. The van der Waals surface area contributed by atoms with Gasteiger partial charge in [-0.05, 0) is 32.1 Å². The molecular formula is C14H21N3O4. The Labute approximate surface area is 123 Å². The smallest absolute Gasteiger partial charge is 0.315 e. The lowest BCUT2D eigenvalue weighted by Gasteiger charge is -2.40. The van der Waals surface area contributed by atoms with Gasteiger partial charge in [0.1, 0.15) is 11.8 Å². The number of aryl methyl sites for hydroxylation is 1. The predicted octanol–water partition coefficient (Wildman–Crippen LogP) is 1.99. The monoisotopic (exact) mass is 295 g/mol. The molecule has 1 aliphatic rings. The van der Waals surface area contributed by atoms with Crippen LogP contribution in [-0.4, -0.2) is 28.6 Å². The molecule has 0 aromatic carbocycles. The van der Waals surface area contributed by atoms with E-state index < -0.39 is 5.97 Å². The first-order chi connectivity index (χ1) is 9.90. The van der Waals surface area contributed by atoms with Gasteiger partial charge < -0.3 is 20.2 Å². The van der Waals surface area contributed by atoms with Gasteiger partial charge in [-0.25, -0.2) is 9.78 Å². The number of amides is 2. The summed E-state index contributed by atoms with van der Waals surface area (Å²) in [7, 11) is 0. The molecule has 116 valence electrons. The van der Waals surface area contributed by atoms with Crippen molar-refractivity contribution >= 4 is 12.0 Å². The van der Waals surface area contributed by atoms with Crippen LogP contribution in [0.1, 0.15) is 50.3 Å². The molecule has 0 spiro atoms. The highest BCUT2D eigenvalue weighted by molar-refractivity contribution is 5.74. The Kier molecular flexibility index (Phi) is 4.50. The summed E-state index contributed by atoms with van der Waals surface area (Å²) in [4.78, 5) is 26.8. The summed E-state index contributed by atoms with van der Waals surface area (Å²) in [6, 6.07) is -0.675. The minimum absolute atomic E-state index is 0.0990. The molecule has 1 fully saturated rings. The summed E-state index contributed by atoms with van der Waals surface area (Å²) in [6.45, 7) is 3.94. The summed E-state index contributed by atoms with van der Waals surface area (Å²) >= 11 is 0. The highest BCUT2D eigenvalue weighted by Crippen LogP contribution is 2.43. The van der Waals surface area contributed by atoms with E-state index in [9.17, 15) is 9.59 Å². The molecule has 0 aliphatic heterocycles. The summed E-state index contributed by atoms with van der Waals surface area (Å²) < 4.78 is 5.35. The maximum Gasteiger partial charge on any atom is 0.315 e. The molecule has 1 saturated carbocycles. The maximum atomic E-state index is 11.9. The van der Waals surface area contributed by atoms with Crippen molar-refractivity contribution in [2.45, 2.75) is 45.6 Å². The fourth-order valence-corrected chi connectivity index (χ4v) is 2.56. The van der Waals surface area contributed by atoms with Crippen LogP contribution in [0.4, 0.5) is 4.79 Å². The Hall–Kier alpha value is -2.05. The topological polar surface area (TPSA) is 104 Å². The molecule has 3 N–H and O–H groups in total. The van der Waals surface area contributed by atoms with Crippen LogP contribution in [0.25, 0.3) is 0 Å². The van der Waals surface area contributed by atoms with Crippen molar-refractivity contribution in [1.29, 1.82) is 0 Å². The second-order valence-electron chi connectivity index (χ2n) is 5.78. The number of hydrogen-bond acceptors (Lipinski definition) is 4. The van der Waals surface area contributed by atoms with Crippen LogP contribution in [0.15, 0.2) is 10.6 Å². The zero-order chi connectivity index (χ0) is 15.5. The van der Waals surface area contributed by atoms with Crippen LogP contribution in [0.3, 0.4) is 0 Å². The van der Waals surface area contributed by atoms with E-state index in [4.69, 9.17) is 9.52 Å². The van der Waals surface area contributed by atoms with Gasteiger partial charge in [-0.15, -0.1) is 0 Å². The number of rotatable bonds is 6. The van der Waals surface area contributed by atoms with Crippen molar-refractivity contribution < 1.29 is 19.1 Å². The molecule has 7 nitrogen and oxygen atoms in total. The molecule has 0 saturated heterocycles. The van der Waals surface area contributed by atoms with E-state index in [0.29, 0.717) is 18.2 Å². The molecule has 1 aliphatic carbocycles. The Morgan fingerprint density at radius 1 is 1.52 bits per heavy atom. The molecule has 2 rings (SSSR count). The molecule has 1 unspecified atom stereocenters. The third-order valence-corrected chi connectivity index (χ3v) is 3.92. The highest BCUT2D eigenvalue weighted by Gasteiger charge is 2.39. The summed E-state index contributed by atoms with van der Waals surface area (Å²) in [5.74, 6) is 0.320. The molecule has 0 bridgehead atoms. The quantitative estimate of drug-likeness (QED) is 0.744. The number of carbonyl (C=O) groups is 2. The summed E-state index contributed by atoms with van der Waals surface area (Å²) in [5.41, 5.74) is -0.286. The van der Waals surface area contributed by atoms with Crippen LogP contribution in [-0.2, 0) is 4.79 Å². The standard InChI is InChI=1S/C14H21N3O4/c1-9-7-15-12(21-9)10(2)17-13(20)16-8-14(4-3-5-14)6-11(18)19/h7,10H,3-6,8H2,1-2H3,(H,18,19)(H2,16,17,20). The van der Waals surface area contributed by atoms with E-state index in [-0.39, 0.29) is 23.9 Å². The Balaban J connectivity index is 1.80. The van der Waals surface area contributed by atoms with Gasteiger partial charge in [0.25, 0.3) is 0 Å². The van der Waals surface area contributed by atoms with Gasteiger partial charge in [0.15, 0.2) is 0 Å². The first-order valence-electron chi connectivity index (χ1n) is 7.09. The van der Waals surface area contributed by atoms with Gasteiger partial charge in [0, 0.05) is 6.54 Å². The average molecular weight is 295 g/mol. The second-order valence-corrected chi connectivity index (χ2v) is 5.78. The summed E-state index contributed by atoms with van der Waals surface area (Å²) in [5, 5.41) is 14.4. The van der Waals surface area contributed by atoms with Crippen molar-refractivity contribution in [3.8, 4) is 0 Å². The largest absolute Gasteiger partial charge is 0.481 e. The molecule has 1 aromatic rings. The number of carboxylic acids is 1. The predicted molar refractivity (Wildman–Crippen MR) is 74.7 cm³/mol. The zero-order valence-corrected chi connectivity index (χ0v) is 12.3. The van der Waals surface area contributed by atoms with Gasteiger partial charge in [0.05, 0.1) is 12.6 Å². The van der Waals surface area contributed by atoms with Crippen LogP contribution in [0, 0.1) is 12.3 Å². The number of urea groups is 1. The molecule has 21 heavy (non-hydrogen) atoms. The van der Waals surface area contributed by atoms with Crippen molar-refractivity contribution in [2.24, 2.45) is 5.41 Å². The van der Waals surface area contributed by atoms with Crippen LogP contribution < -0.4 is 10.6 Å². The normalized spacial score (nSPS) is 17.6. The van der Waals surface area contributed by atoms with Crippen LogP contribution in [0.5, 0.6) is 0 Å². The fraction of sp³-hybridized carbons (Fsp3) is 0.643. The van der Waals surface area contributed by atoms with Gasteiger partial charge in [0.2, 0.25) is 5.89 Å². The van der Waals surface area contributed by atoms with E-state index in [2.05, 4.69) is 15.6 Å². The number of carboxylic acid groups (broad SMARTS) is 1. The van der Waals surface area contributed by atoms with E-state index in [1.165, 1.54) is 0 Å². The molecule has 1 atom stereocenters. The van der Waals surface area contributed by atoms with E-state index in [1.807, 2.05) is 0 Å². The third kappa shape index (κ3) is 3.96. The fourth-order valence-electron chi connectivity index (χ4n) is 2.56. The minimum atomic E-state index is -0.819. The van der Waals surface area contributed by atoms with Gasteiger partial charge in [-0.1, -0.05) is 6.42 Å². The van der Waals surface area contributed by atoms with Crippen LogP contribution >= 0.6 is 0 Å². The van der Waals surface area contributed by atoms with Crippen molar-refractivity contribution in [3.05, 3.63) is 17.8 Å². The van der Waals surface area contributed by atoms with E-state index in [1.54, 1.807) is 20.0 Å². The SMILES string of the molecule is Cc1cnc(C(C)NC(=O)NCC2(CC(=O)O)CCC2)o1. The Morgan fingerprint density at radius 2 is 2.24 bits per heavy atom. The van der Waals surface area contributed by atoms with Crippen molar-refractivity contribution in [1.82, 2.24) is 15.6 Å². The highest BCUT2D eigenvalue weighted by atomic mass is 16.4. The van der Waals surface area contributed by atoms with E-state index in [0.717, 1.165) is 19.3 Å². The number of nitrogens with one attached hydrogen (secondary N) is 2. The van der Waals surface area contributed by atoms with Gasteiger partial charge in [-0.3, -0.25) is 4.79 Å². The first-order valence-corrected chi connectivity index (χ1v) is 7.09. The molecule has 1 heterocycles. The lowest BCUT2D eigenvalue weighted by Crippen LogP contribution is -2.47. The second kappa shape index (κ2) is 6.15. The number of hydrogen-bond donors (Lipinski definition) is 3. The Bertz CT molecular complexity index is 522. The summed E-state index contributed by atoms with van der Waals surface area (Å²) in [6.07, 6.45) is 4.40. The van der Waals surface area contributed by atoms with Crippen LogP contribution in [0.2, 0.25) is 0 Å². The first kappa shape index (κ1) is 15.3. The van der Waals surface area contributed by atoms with Crippen molar-refractivity contribution in [2.75, 3.05) is 6.54 Å². The minimum Gasteiger partial charge on any atom is -0.481 e. The molecule has 2 amide bonds. The molecule has 1 aromatic heterocycles. The Morgan fingerprint density at radius 3 is 2.71 bits per heavy atom. The number of oxazole rings is 1.